The van der Waals surface area contributed by atoms with E-state index >= 15 is 0 Å². The Morgan fingerprint density at radius 2 is 1.85 bits per heavy atom. The number of piperazine rings is 1. The van der Waals surface area contributed by atoms with Crippen LogP contribution in [0.2, 0.25) is 0 Å². The summed E-state index contributed by atoms with van der Waals surface area (Å²) in [6.45, 7) is 14.2. The number of aryl methyl sites for hydroxylation is 2. The molecular formula is C28H37ClN8O3S. The second-order valence-electron chi connectivity index (χ2n) is 10.8. The van der Waals surface area contributed by atoms with Crippen LogP contribution in [0.3, 0.4) is 0 Å². The minimum atomic E-state index is -0.495. The van der Waals surface area contributed by atoms with Gasteiger partial charge in [0.2, 0.25) is 0 Å². The zero-order valence-corrected chi connectivity index (χ0v) is 25.7. The average Bonchev–Trinajstić information content (AvgIpc) is 3.38. The number of amides is 2. The van der Waals surface area contributed by atoms with Crippen molar-refractivity contribution >= 4 is 57.6 Å². The monoisotopic (exact) mass is 600 g/mol. The van der Waals surface area contributed by atoms with Crippen molar-refractivity contribution in [1.29, 1.82) is 0 Å². The third-order valence-corrected chi connectivity index (χ3v) is 7.53. The van der Waals surface area contributed by atoms with Crippen molar-refractivity contribution in [2.45, 2.75) is 46.6 Å². The maximum Gasteiger partial charge on any atom is 0.407 e. The number of para-hydroxylation sites is 1. The molecule has 1 aliphatic rings. The SMILES string of the molecule is Cc1nc(Nc2ncc(C(=O)N(Cl)c3ccccc3C)s2)cc(N2CCN(CCCNC(=O)OC(C)(C)C)CC2)n1. The zero-order chi connectivity index (χ0) is 29.6. The predicted octanol–water partition coefficient (Wildman–Crippen LogP) is 5.13. The van der Waals surface area contributed by atoms with Gasteiger partial charge in [0.15, 0.2) is 5.13 Å². The Hall–Kier alpha value is -3.48. The predicted molar refractivity (Wildman–Crippen MR) is 164 cm³/mol. The number of thiazole rings is 1. The summed E-state index contributed by atoms with van der Waals surface area (Å²) in [5.74, 6) is 1.74. The molecule has 0 atom stereocenters. The first-order chi connectivity index (χ1) is 19.5. The van der Waals surface area contributed by atoms with E-state index in [1.54, 1.807) is 6.07 Å². The summed E-state index contributed by atoms with van der Waals surface area (Å²) in [6, 6.07) is 9.34. The zero-order valence-electron chi connectivity index (χ0n) is 24.1. The van der Waals surface area contributed by atoms with E-state index in [1.807, 2.05) is 58.9 Å². The molecule has 1 saturated heterocycles. The fraction of sp³-hybridized carbons (Fsp3) is 0.464. The largest absolute Gasteiger partial charge is 0.444 e. The molecule has 220 valence electrons. The summed E-state index contributed by atoms with van der Waals surface area (Å²) in [5, 5.41) is 6.57. The lowest BCUT2D eigenvalue weighted by Gasteiger charge is -2.35. The van der Waals surface area contributed by atoms with E-state index < -0.39 is 5.60 Å². The molecule has 0 bridgehead atoms. The lowest BCUT2D eigenvalue weighted by molar-refractivity contribution is 0.0525. The fourth-order valence-corrected chi connectivity index (χ4v) is 5.40. The highest BCUT2D eigenvalue weighted by Crippen LogP contribution is 2.28. The second kappa shape index (κ2) is 13.5. The molecule has 1 aromatic carbocycles. The number of anilines is 4. The first-order valence-electron chi connectivity index (χ1n) is 13.6. The number of nitrogens with zero attached hydrogens (tertiary/aromatic N) is 6. The lowest BCUT2D eigenvalue weighted by Crippen LogP contribution is -2.47. The topological polar surface area (TPSA) is 116 Å². The van der Waals surface area contributed by atoms with Gasteiger partial charge in [0, 0.05) is 50.6 Å². The van der Waals surface area contributed by atoms with Gasteiger partial charge in [-0.25, -0.2) is 24.2 Å². The molecule has 0 saturated carbocycles. The number of aromatic nitrogens is 3. The van der Waals surface area contributed by atoms with Gasteiger partial charge in [-0.05, 0) is 59.2 Å². The van der Waals surface area contributed by atoms with E-state index in [2.05, 4.69) is 35.4 Å². The molecule has 0 unspecified atom stereocenters. The highest BCUT2D eigenvalue weighted by atomic mass is 35.5. The Balaban J connectivity index is 1.28. The van der Waals surface area contributed by atoms with Crippen molar-refractivity contribution in [2.75, 3.05) is 53.9 Å². The molecule has 41 heavy (non-hydrogen) atoms. The van der Waals surface area contributed by atoms with Gasteiger partial charge < -0.3 is 20.3 Å². The highest BCUT2D eigenvalue weighted by molar-refractivity contribution is 7.17. The summed E-state index contributed by atoms with van der Waals surface area (Å²) in [4.78, 5) is 43.3. The van der Waals surface area contributed by atoms with E-state index in [4.69, 9.17) is 16.5 Å². The number of halogens is 1. The lowest BCUT2D eigenvalue weighted by atomic mass is 10.2. The molecule has 1 aliphatic heterocycles. The number of alkyl carbamates (subject to hydrolysis) is 1. The number of benzene rings is 1. The minimum absolute atomic E-state index is 0.343. The van der Waals surface area contributed by atoms with E-state index in [1.165, 1.54) is 17.5 Å². The van der Waals surface area contributed by atoms with E-state index in [0.717, 1.165) is 54.9 Å². The number of rotatable bonds is 9. The number of ether oxygens (including phenoxy) is 1. The van der Waals surface area contributed by atoms with Crippen molar-refractivity contribution in [1.82, 2.24) is 25.2 Å². The molecule has 0 spiro atoms. The van der Waals surface area contributed by atoms with Gasteiger partial charge in [0.05, 0.1) is 11.9 Å². The van der Waals surface area contributed by atoms with Gasteiger partial charge in [-0.1, -0.05) is 29.5 Å². The first-order valence-corrected chi connectivity index (χ1v) is 14.7. The summed E-state index contributed by atoms with van der Waals surface area (Å²) < 4.78 is 6.40. The molecule has 2 amide bonds. The Bertz CT molecular complexity index is 1350. The summed E-state index contributed by atoms with van der Waals surface area (Å²) in [6.07, 6.45) is 1.99. The Kier molecular flexibility index (Phi) is 10.0. The number of carbonyl (C=O) groups excluding carboxylic acids is 2. The number of nitrogens with one attached hydrogen (secondary N) is 2. The normalized spacial score (nSPS) is 14.0. The molecule has 4 rings (SSSR count). The third kappa shape index (κ3) is 8.75. The summed E-state index contributed by atoms with van der Waals surface area (Å²) in [7, 11) is 0. The minimum Gasteiger partial charge on any atom is -0.444 e. The van der Waals surface area contributed by atoms with E-state index in [9.17, 15) is 9.59 Å². The molecule has 0 aliphatic carbocycles. The van der Waals surface area contributed by atoms with Crippen LogP contribution in [0.4, 0.5) is 27.2 Å². The van der Waals surface area contributed by atoms with Crippen molar-refractivity contribution in [3.63, 3.8) is 0 Å². The number of hydrogen-bond acceptors (Lipinski definition) is 10. The summed E-state index contributed by atoms with van der Waals surface area (Å²) in [5.41, 5.74) is 1.04. The second-order valence-corrected chi connectivity index (χ2v) is 12.2. The number of hydrogen-bond donors (Lipinski definition) is 2. The molecule has 0 radical (unpaired) electrons. The quantitative estimate of drug-likeness (QED) is 0.255. The van der Waals surface area contributed by atoms with Crippen LogP contribution in [0.15, 0.2) is 36.5 Å². The van der Waals surface area contributed by atoms with Crippen LogP contribution in [0.5, 0.6) is 0 Å². The van der Waals surface area contributed by atoms with Gasteiger partial charge in [0.25, 0.3) is 5.91 Å². The Labute approximate surface area is 250 Å². The molecule has 3 aromatic rings. The van der Waals surface area contributed by atoms with Crippen LogP contribution in [-0.2, 0) is 4.74 Å². The Morgan fingerprint density at radius 1 is 1.12 bits per heavy atom. The third-order valence-electron chi connectivity index (χ3n) is 6.30. The van der Waals surface area contributed by atoms with Crippen LogP contribution in [0.25, 0.3) is 0 Å². The smallest absolute Gasteiger partial charge is 0.407 e. The van der Waals surface area contributed by atoms with Crippen molar-refractivity contribution < 1.29 is 14.3 Å². The standard InChI is InChI=1S/C28H37ClN8O3S/c1-19-9-6-7-10-21(19)37(29)25(38)22-18-31-26(41-22)34-23-17-24(33-20(2)32-23)36-15-13-35(14-16-36)12-8-11-30-27(39)40-28(3,4)5/h6-7,9-10,17-18H,8,11-16H2,1-5H3,(H,30,39)(H,31,32,33,34). The van der Waals surface area contributed by atoms with Crippen molar-refractivity contribution in [2.24, 2.45) is 0 Å². The molecule has 2 aromatic heterocycles. The van der Waals surface area contributed by atoms with Gasteiger partial charge in [-0.15, -0.1) is 0 Å². The van der Waals surface area contributed by atoms with E-state index in [0.29, 0.717) is 33.9 Å². The molecule has 3 heterocycles. The van der Waals surface area contributed by atoms with Gasteiger partial charge in [-0.2, -0.15) is 0 Å². The summed E-state index contributed by atoms with van der Waals surface area (Å²) >= 11 is 7.58. The van der Waals surface area contributed by atoms with Crippen molar-refractivity contribution in [3.05, 3.63) is 52.8 Å². The number of carbonyl (C=O) groups is 2. The highest BCUT2D eigenvalue weighted by Gasteiger charge is 2.22. The van der Waals surface area contributed by atoms with Gasteiger partial charge in [-0.3, -0.25) is 9.69 Å². The van der Waals surface area contributed by atoms with Gasteiger partial charge in [0.1, 0.15) is 27.9 Å². The molecular weight excluding hydrogens is 564 g/mol. The average molecular weight is 601 g/mol. The van der Waals surface area contributed by atoms with Gasteiger partial charge >= 0.3 is 6.09 Å². The van der Waals surface area contributed by atoms with Crippen LogP contribution in [-0.4, -0.2) is 76.7 Å². The molecule has 11 nitrogen and oxygen atoms in total. The molecule has 13 heteroatoms. The van der Waals surface area contributed by atoms with E-state index in [-0.39, 0.29) is 12.0 Å². The first kappa shape index (κ1) is 30.5. The van der Waals surface area contributed by atoms with Crippen LogP contribution >= 0.6 is 23.1 Å². The Morgan fingerprint density at radius 3 is 2.56 bits per heavy atom. The van der Waals surface area contributed by atoms with Crippen LogP contribution in [0.1, 0.15) is 48.3 Å². The maximum atomic E-state index is 12.9. The van der Waals surface area contributed by atoms with Crippen LogP contribution < -0.4 is 20.0 Å². The molecule has 2 N–H and O–H groups in total. The van der Waals surface area contributed by atoms with Crippen LogP contribution in [0, 0.1) is 13.8 Å². The van der Waals surface area contributed by atoms with Crippen molar-refractivity contribution in [3.8, 4) is 0 Å². The fourth-order valence-electron chi connectivity index (χ4n) is 4.32. The molecule has 1 fully saturated rings. The maximum absolute atomic E-state index is 12.9.